The minimum Gasteiger partial charge on any atom is -0.389 e. The lowest BCUT2D eigenvalue weighted by molar-refractivity contribution is 1.14. The van der Waals surface area contributed by atoms with Crippen LogP contribution in [0.25, 0.3) is 11.3 Å². The number of benzene rings is 1. The number of rotatable bonds is 3. The van der Waals surface area contributed by atoms with Gasteiger partial charge in [0, 0.05) is 17.3 Å². The Bertz CT molecular complexity index is 569. The van der Waals surface area contributed by atoms with E-state index in [1.54, 1.807) is 12.3 Å². The quantitative estimate of drug-likeness (QED) is 0.824. The third-order valence-corrected chi connectivity index (χ3v) is 2.74. The van der Waals surface area contributed by atoms with Crippen molar-refractivity contribution in [2.24, 2.45) is 11.5 Å². The maximum atomic E-state index is 5.60. The molecule has 0 spiro atoms. The highest BCUT2D eigenvalue weighted by Crippen LogP contribution is 2.18. The summed E-state index contributed by atoms with van der Waals surface area (Å²) in [6.07, 6.45) is 1.62. The molecule has 6 heteroatoms. The zero-order valence-electron chi connectivity index (χ0n) is 9.33. The van der Waals surface area contributed by atoms with Gasteiger partial charge in [-0.3, -0.25) is 0 Å². The molecule has 0 amide bonds. The average molecular weight is 274 g/mol. The van der Waals surface area contributed by atoms with Crippen molar-refractivity contribution in [3.05, 3.63) is 47.9 Å². The Kier molecular flexibility index (Phi) is 3.59. The summed E-state index contributed by atoms with van der Waals surface area (Å²) in [6, 6.07) is 9.27. The fourth-order valence-corrected chi connectivity index (χ4v) is 1.70. The van der Waals surface area contributed by atoms with Crippen LogP contribution in [0.5, 0.6) is 0 Å². The summed E-state index contributed by atoms with van der Waals surface area (Å²) in [7, 11) is 0. The largest absolute Gasteiger partial charge is 0.389 e. The van der Waals surface area contributed by atoms with Crippen LogP contribution >= 0.6 is 24.4 Å². The van der Waals surface area contributed by atoms with E-state index >= 15 is 0 Å². The lowest BCUT2D eigenvalue weighted by Crippen LogP contribution is -2.14. The van der Waals surface area contributed by atoms with E-state index in [9.17, 15) is 0 Å². The average Bonchev–Trinajstić information content (AvgIpc) is 2.39. The van der Waals surface area contributed by atoms with E-state index in [0.717, 1.165) is 16.8 Å². The number of nitrogens with zero attached hydrogens (tertiary/aromatic N) is 2. The summed E-state index contributed by atoms with van der Waals surface area (Å²) in [6.45, 7) is 0. The number of nitrogens with two attached hydrogens (primary N) is 2. The van der Waals surface area contributed by atoms with E-state index in [0.29, 0.717) is 10.8 Å². The standard InChI is InChI=1S/C12H10N4S2/c13-10(17)8-3-1-2-7(6-8)9-4-5-15-12(16-9)11(14)18/h1-6H,(H2,13,17)(H2,14,18). The van der Waals surface area contributed by atoms with Gasteiger partial charge in [-0.25, -0.2) is 9.97 Å². The molecule has 0 atom stereocenters. The second-order valence-electron chi connectivity index (χ2n) is 3.57. The second kappa shape index (κ2) is 5.16. The Morgan fingerprint density at radius 1 is 1.06 bits per heavy atom. The third kappa shape index (κ3) is 2.66. The van der Waals surface area contributed by atoms with Gasteiger partial charge in [0.2, 0.25) is 0 Å². The van der Waals surface area contributed by atoms with Crippen molar-refractivity contribution in [2.75, 3.05) is 0 Å². The molecule has 0 aliphatic carbocycles. The van der Waals surface area contributed by atoms with Crippen LogP contribution in [0.1, 0.15) is 11.4 Å². The Morgan fingerprint density at radius 3 is 2.50 bits per heavy atom. The molecule has 0 radical (unpaired) electrons. The fourth-order valence-electron chi connectivity index (χ4n) is 1.47. The molecule has 1 heterocycles. The fraction of sp³-hybridized carbons (Fsp3) is 0. The van der Waals surface area contributed by atoms with Crippen molar-refractivity contribution in [3.8, 4) is 11.3 Å². The molecule has 2 rings (SSSR count). The van der Waals surface area contributed by atoms with Crippen molar-refractivity contribution in [3.63, 3.8) is 0 Å². The van der Waals surface area contributed by atoms with Crippen LogP contribution in [-0.2, 0) is 0 Å². The van der Waals surface area contributed by atoms with E-state index < -0.39 is 0 Å². The number of thiocarbonyl (C=S) groups is 2. The first-order valence-corrected chi connectivity index (χ1v) is 5.92. The van der Waals surface area contributed by atoms with Gasteiger partial charge in [-0.1, -0.05) is 42.6 Å². The van der Waals surface area contributed by atoms with Gasteiger partial charge in [0.15, 0.2) is 5.82 Å². The first-order chi connectivity index (χ1) is 8.58. The van der Waals surface area contributed by atoms with Crippen molar-refractivity contribution in [1.82, 2.24) is 9.97 Å². The van der Waals surface area contributed by atoms with Crippen molar-refractivity contribution in [1.29, 1.82) is 0 Å². The molecular weight excluding hydrogens is 264 g/mol. The third-order valence-electron chi connectivity index (χ3n) is 2.32. The smallest absolute Gasteiger partial charge is 0.187 e. The van der Waals surface area contributed by atoms with Crippen LogP contribution in [0.4, 0.5) is 0 Å². The van der Waals surface area contributed by atoms with Gasteiger partial charge in [-0.05, 0) is 12.1 Å². The molecule has 1 aromatic carbocycles. The molecule has 1 aromatic heterocycles. The highest BCUT2D eigenvalue weighted by atomic mass is 32.1. The topological polar surface area (TPSA) is 77.8 Å². The maximum absolute atomic E-state index is 5.60. The minimum absolute atomic E-state index is 0.169. The summed E-state index contributed by atoms with van der Waals surface area (Å²) in [5.41, 5.74) is 13.5. The lowest BCUT2D eigenvalue weighted by atomic mass is 10.1. The molecule has 0 saturated carbocycles. The summed E-state index contributed by atoms with van der Waals surface area (Å²) in [5, 5.41) is 0. The maximum Gasteiger partial charge on any atom is 0.187 e. The monoisotopic (exact) mass is 274 g/mol. The van der Waals surface area contributed by atoms with Gasteiger partial charge < -0.3 is 11.5 Å². The van der Waals surface area contributed by atoms with Crippen molar-refractivity contribution < 1.29 is 0 Å². The van der Waals surface area contributed by atoms with E-state index in [1.165, 1.54) is 0 Å². The molecular formula is C12H10N4S2. The molecule has 2 aromatic rings. The lowest BCUT2D eigenvalue weighted by Gasteiger charge is -2.05. The Balaban J connectivity index is 2.48. The van der Waals surface area contributed by atoms with Gasteiger partial charge in [0.05, 0.1) is 5.69 Å². The molecule has 0 fully saturated rings. The van der Waals surface area contributed by atoms with E-state index in [2.05, 4.69) is 9.97 Å². The van der Waals surface area contributed by atoms with Crippen LogP contribution in [0, 0.1) is 0 Å². The Morgan fingerprint density at radius 2 is 1.83 bits per heavy atom. The molecule has 0 aliphatic heterocycles. The highest BCUT2D eigenvalue weighted by Gasteiger charge is 2.05. The predicted octanol–water partition coefficient (Wildman–Crippen LogP) is 1.41. The molecule has 0 unspecified atom stereocenters. The van der Waals surface area contributed by atoms with Crippen molar-refractivity contribution >= 4 is 34.4 Å². The molecule has 90 valence electrons. The Labute approximate surface area is 115 Å². The van der Waals surface area contributed by atoms with Gasteiger partial charge in [0.25, 0.3) is 0 Å². The zero-order chi connectivity index (χ0) is 13.1. The number of hydrogen-bond acceptors (Lipinski definition) is 4. The Hall–Kier alpha value is -1.92. The minimum atomic E-state index is 0.169. The first kappa shape index (κ1) is 12.5. The van der Waals surface area contributed by atoms with Crippen LogP contribution in [0.3, 0.4) is 0 Å². The summed E-state index contributed by atoms with van der Waals surface area (Å²) in [4.78, 5) is 8.79. The van der Waals surface area contributed by atoms with E-state index in [1.807, 2.05) is 24.3 Å². The van der Waals surface area contributed by atoms with E-state index in [-0.39, 0.29) is 4.99 Å². The normalized spacial score (nSPS) is 10.0. The molecule has 0 aliphatic rings. The molecule has 0 saturated heterocycles. The molecule has 4 nitrogen and oxygen atoms in total. The SMILES string of the molecule is NC(=S)c1cccc(-c2ccnc(C(N)=S)n2)c1. The van der Waals surface area contributed by atoms with E-state index in [4.69, 9.17) is 35.9 Å². The number of hydrogen-bond donors (Lipinski definition) is 2. The van der Waals surface area contributed by atoms with Gasteiger partial charge in [0.1, 0.15) is 9.98 Å². The zero-order valence-corrected chi connectivity index (χ0v) is 11.0. The second-order valence-corrected chi connectivity index (χ2v) is 4.45. The van der Waals surface area contributed by atoms with Crippen LogP contribution in [0.2, 0.25) is 0 Å². The highest BCUT2D eigenvalue weighted by molar-refractivity contribution is 7.80. The summed E-state index contributed by atoms with van der Waals surface area (Å²) >= 11 is 9.79. The summed E-state index contributed by atoms with van der Waals surface area (Å²) in [5.74, 6) is 0.350. The van der Waals surface area contributed by atoms with Crippen molar-refractivity contribution in [2.45, 2.75) is 0 Å². The molecule has 0 bridgehead atoms. The van der Waals surface area contributed by atoms with Crippen LogP contribution in [-0.4, -0.2) is 19.9 Å². The van der Waals surface area contributed by atoms with Crippen LogP contribution < -0.4 is 11.5 Å². The van der Waals surface area contributed by atoms with Gasteiger partial charge in [-0.15, -0.1) is 0 Å². The first-order valence-electron chi connectivity index (χ1n) is 5.11. The summed E-state index contributed by atoms with van der Waals surface area (Å²) < 4.78 is 0. The molecule has 4 N–H and O–H groups in total. The van der Waals surface area contributed by atoms with Gasteiger partial charge >= 0.3 is 0 Å². The van der Waals surface area contributed by atoms with Gasteiger partial charge in [-0.2, -0.15) is 0 Å². The molecule has 18 heavy (non-hydrogen) atoms. The van der Waals surface area contributed by atoms with Crippen LogP contribution in [0.15, 0.2) is 36.5 Å². The predicted molar refractivity (Wildman–Crippen MR) is 79.2 cm³/mol. The number of aromatic nitrogens is 2.